The molecule has 0 aliphatic heterocycles. The predicted octanol–water partition coefficient (Wildman–Crippen LogP) is 1.54. The van der Waals surface area contributed by atoms with Gasteiger partial charge in [0.1, 0.15) is 4.90 Å². The van der Waals surface area contributed by atoms with Gasteiger partial charge in [0.25, 0.3) is 0 Å². The van der Waals surface area contributed by atoms with Crippen LogP contribution in [0.3, 0.4) is 0 Å². The second kappa shape index (κ2) is 5.97. The Morgan fingerprint density at radius 2 is 2.12 bits per heavy atom. The van der Waals surface area contributed by atoms with Crippen molar-refractivity contribution >= 4 is 15.7 Å². The van der Waals surface area contributed by atoms with E-state index in [9.17, 15) is 8.42 Å². The van der Waals surface area contributed by atoms with E-state index < -0.39 is 10.0 Å². The standard InChI is InChI=1S/C11H19N3O2S/c1-4-8-14(5-2)17(15,16)11-9-13-7-6-10(11)12-3/h6-7,9H,4-5,8H2,1-3H3,(H,12,13). The Bertz CT molecular complexity index is 460. The minimum absolute atomic E-state index is 0.234. The first-order valence-electron chi connectivity index (χ1n) is 5.69. The largest absolute Gasteiger partial charge is 0.387 e. The fraction of sp³-hybridized carbons (Fsp3) is 0.545. The summed E-state index contributed by atoms with van der Waals surface area (Å²) in [5.41, 5.74) is 0.578. The third-order valence-corrected chi connectivity index (χ3v) is 4.50. The quantitative estimate of drug-likeness (QED) is 0.839. The van der Waals surface area contributed by atoms with E-state index in [1.54, 1.807) is 19.3 Å². The normalized spacial score (nSPS) is 11.8. The third-order valence-electron chi connectivity index (χ3n) is 2.50. The van der Waals surface area contributed by atoms with Crippen molar-refractivity contribution in [1.82, 2.24) is 9.29 Å². The van der Waals surface area contributed by atoms with E-state index in [1.165, 1.54) is 10.5 Å². The number of hydrogen-bond acceptors (Lipinski definition) is 4. The molecule has 0 atom stereocenters. The van der Waals surface area contributed by atoms with Crippen molar-refractivity contribution in [3.05, 3.63) is 18.5 Å². The lowest BCUT2D eigenvalue weighted by atomic mass is 10.4. The first kappa shape index (κ1) is 13.9. The topological polar surface area (TPSA) is 62.3 Å². The first-order chi connectivity index (χ1) is 8.07. The van der Waals surface area contributed by atoms with Gasteiger partial charge in [-0.2, -0.15) is 4.31 Å². The van der Waals surface area contributed by atoms with Crippen LogP contribution >= 0.6 is 0 Å². The molecule has 0 unspecified atom stereocenters. The molecule has 0 radical (unpaired) electrons. The van der Waals surface area contributed by atoms with Crippen LogP contribution < -0.4 is 5.32 Å². The monoisotopic (exact) mass is 257 g/mol. The maximum Gasteiger partial charge on any atom is 0.246 e. The van der Waals surface area contributed by atoms with E-state index in [0.29, 0.717) is 18.8 Å². The zero-order valence-corrected chi connectivity index (χ0v) is 11.3. The fourth-order valence-corrected chi connectivity index (χ4v) is 3.31. The van der Waals surface area contributed by atoms with Crippen molar-refractivity contribution in [3.63, 3.8) is 0 Å². The number of rotatable bonds is 6. The van der Waals surface area contributed by atoms with E-state index in [4.69, 9.17) is 0 Å². The highest BCUT2D eigenvalue weighted by molar-refractivity contribution is 7.89. The van der Waals surface area contributed by atoms with E-state index in [-0.39, 0.29) is 4.90 Å². The second-order valence-corrected chi connectivity index (χ2v) is 5.52. The fourth-order valence-electron chi connectivity index (χ4n) is 1.63. The molecule has 1 aromatic heterocycles. The Hall–Kier alpha value is -1.14. The Morgan fingerprint density at radius 1 is 1.41 bits per heavy atom. The van der Waals surface area contributed by atoms with Crippen LogP contribution in [-0.2, 0) is 10.0 Å². The van der Waals surface area contributed by atoms with E-state index in [2.05, 4.69) is 10.3 Å². The van der Waals surface area contributed by atoms with Crippen LogP contribution in [-0.4, -0.2) is 37.8 Å². The van der Waals surface area contributed by atoms with Gasteiger partial charge in [-0.3, -0.25) is 4.98 Å². The molecular formula is C11H19N3O2S. The van der Waals surface area contributed by atoms with Crippen molar-refractivity contribution in [1.29, 1.82) is 0 Å². The molecule has 0 aromatic carbocycles. The number of hydrogen-bond donors (Lipinski definition) is 1. The number of nitrogens with one attached hydrogen (secondary N) is 1. The van der Waals surface area contributed by atoms with Crippen LogP contribution in [0.25, 0.3) is 0 Å². The van der Waals surface area contributed by atoms with Crippen LogP contribution in [0.2, 0.25) is 0 Å². The summed E-state index contributed by atoms with van der Waals surface area (Å²) in [5.74, 6) is 0. The minimum atomic E-state index is -3.45. The van der Waals surface area contributed by atoms with Gasteiger partial charge < -0.3 is 5.32 Å². The van der Waals surface area contributed by atoms with Crippen molar-refractivity contribution < 1.29 is 8.42 Å². The molecule has 1 rings (SSSR count). The smallest absolute Gasteiger partial charge is 0.246 e. The Balaban J connectivity index is 3.20. The van der Waals surface area contributed by atoms with Gasteiger partial charge in [-0.05, 0) is 12.5 Å². The summed E-state index contributed by atoms with van der Waals surface area (Å²) in [4.78, 5) is 4.12. The van der Waals surface area contributed by atoms with Crippen LogP contribution in [0.5, 0.6) is 0 Å². The molecule has 0 bridgehead atoms. The average Bonchev–Trinajstić information content (AvgIpc) is 2.35. The van der Waals surface area contributed by atoms with Gasteiger partial charge in [-0.25, -0.2) is 8.42 Å². The Morgan fingerprint density at radius 3 is 2.65 bits per heavy atom. The van der Waals surface area contributed by atoms with Gasteiger partial charge >= 0.3 is 0 Å². The molecule has 0 aliphatic rings. The minimum Gasteiger partial charge on any atom is -0.387 e. The highest BCUT2D eigenvalue weighted by atomic mass is 32.2. The molecule has 96 valence electrons. The summed E-state index contributed by atoms with van der Waals surface area (Å²) in [6.45, 7) is 4.79. The number of aromatic nitrogens is 1. The SMILES string of the molecule is CCCN(CC)S(=O)(=O)c1cnccc1NC. The van der Waals surface area contributed by atoms with Gasteiger partial charge in [0, 0.05) is 32.5 Å². The number of anilines is 1. The Kier molecular flexibility index (Phi) is 4.89. The highest BCUT2D eigenvalue weighted by Crippen LogP contribution is 2.22. The number of sulfonamides is 1. The van der Waals surface area contributed by atoms with Crippen molar-refractivity contribution in [2.24, 2.45) is 0 Å². The third kappa shape index (κ3) is 2.95. The zero-order chi connectivity index (χ0) is 12.9. The maximum atomic E-state index is 12.4. The summed E-state index contributed by atoms with van der Waals surface area (Å²) < 4.78 is 26.2. The average molecular weight is 257 g/mol. The molecule has 0 fully saturated rings. The molecule has 0 spiro atoms. The lowest BCUT2D eigenvalue weighted by molar-refractivity contribution is 0.427. The molecule has 0 saturated heterocycles. The molecule has 5 nitrogen and oxygen atoms in total. The van der Waals surface area contributed by atoms with E-state index in [1.807, 2.05) is 13.8 Å². The molecule has 1 heterocycles. The van der Waals surface area contributed by atoms with Crippen LogP contribution in [0.1, 0.15) is 20.3 Å². The summed E-state index contributed by atoms with van der Waals surface area (Å²) in [6, 6.07) is 1.66. The van der Waals surface area contributed by atoms with Crippen LogP contribution in [0, 0.1) is 0 Å². The highest BCUT2D eigenvalue weighted by Gasteiger charge is 2.25. The van der Waals surface area contributed by atoms with Crippen molar-refractivity contribution in [2.45, 2.75) is 25.2 Å². The van der Waals surface area contributed by atoms with Gasteiger partial charge in [-0.1, -0.05) is 13.8 Å². The van der Waals surface area contributed by atoms with Crippen molar-refractivity contribution in [3.8, 4) is 0 Å². The second-order valence-electron chi connectivity index (χ2n) is 3.62. The lowest BCUT2D eigenvalue weighted by Crippen LogP contribution is -2.32. The predicted molar refractivity (Wildman–Crippen MR) is 68.5 cm³/mol. The van der Waals surface area contributed by atoms with Crippen LogP contribution in [0.4, 0.5) is 5.69 Å². The van der Waals surface area contributed by atoms with Gasteiger partial charge in [0.15, 0.2) is 0 Å². The zero-order valence-electron chi connectivity index (χ0n) is 10.5. The van der Waals surface area contributed by atoms with Crippen molar-refractivity contribution in [2.75, 3.05) is 25.5 Å². The maximum absolute atomic E-state index is 12.4. The van der Waals surface area contributed by atoms with E-state index in [0.717, 1.165) is 6.42 Å². The number of nitrogens with zero attached hydrogens (tertiary/aromatic N) is 2. The molecule has 0 amide bonds. The molecular weight excluding hydrogens is 238 g/mol. The van der Waals surface area contributed by atoms with E-state index >= 15 is 0 Å². The molecule has 6 heteroatoms. The first-order valence-corrected chi connectivity index (χ1v) is 7.13. The summed E-state index contributed by atoms with van der Waals surface area (Å²) in [6.07, 6.45) is 3.75. The van der Waals surface area contributed by atoms with Gasteiger partial charge in [0.2, 0.25) is 10.0 Å². The molecule has 17 heavy (non-hydrogen) atoms. The molecule has 0 saturated carbocycles. The summed E-state index contributed by atoms with van der Waals surface area (Å²) in [7, 11) is -1.75. The molecule has 1 aromatic rings. The van der Waals surface area contributed by atoms with Gasteiger partial charge in [-0.15, -0.1) is 0 Å². The summed E-state index contributed by atoms with van der Waals surface area (Å²) >= 11 is 0. The Labute approximate surface area is 103 Å². The summed E-state index contributed by atoms with van der Waals surface area (Å²) in [5, 5.41) is 2.88. The molecule has 1 N–H and O–H groups in total. The number of pyridine rings is 1. The molecule has 0 aliphatic carbocycles. The van der Waals surface area contributed by atoms with Crippen LogP contribution in [0.15, 0.2) is 23.4 Å². The lowest BCUT2D eigenvalue weighted by Gasteiger charge is -2.20. The van der Waals surface area contributed by atoms with Gasteiger partial charge in [0.05, 0.1) is 5.69 Å².